The third-order valence-corrected chi connectivity index (χ3v) is 2.70. The number of rotatable bonds is 3. The minimum atomic E-state index is -4.74. The topological polar surface area (TPSA) is 136 Å². The fraction of sp³-hybridized carbons (Fsp3) is 0.125. The quantitative estimate of drug-likeness (QED) is 0.184. The van der Waals surface area contributed by atoms with E-state index in [0.717, 1.165) is 12.1 Å². The van der Waals surface area contributed by atoms with E-state index in [2.05, 4.69) is 10.9 Å². The van der Waals surface area contributed by atoms with Gasteiger partial charge in [-0.25, -0.2) is 5.43 Å². The first kappa shape index (κ1) is 22.7. The average molecular weight is 342 g/mol. The zero-order chi connectivity index (χ0) is 13.2. The Morgan fingerprint density at radius 3 is 2.16 bits per heavy atom. The normalized spacial score (nSPS) is 10.0. The van der Waals surface area contributed by atoms with Crippen LogP contribution in [0.15, 0.2) is 17.0 Å². The predicted molar refractivity (Wildman–Crippen MR) is 70.4 cm³/mol. The van der Waals surface area contributed by atoms with Crippen molar-refractivity contribution in [2.24, 2.45) is 0 Å². The van der Waals surface area contributed by atoms with E-state index in [0.29, 0.717) is 0 Å². The van der Waals surface area contributed by atoms with Crippen LogP contribution in [-0.4, -0.2) is 139 Å². The first-order chi connectivity index (χ1) is 7.77. The van der Waals surface area contributed by atoms with E-state index in [-0.39, 0.29) is 108 Å². The van der Waals surface area contributed by atoms with Gasteiger partial charge in [-0.3, -0.25) is 14.8 Å². The minimum absolute atomic E-state index is 0. The number of phenols is 2. The van der Waals surface area contributed by atoms with Crippen LogP contribution in [0.25, 0.3) is 0 Å². The molecule has 0 heterocycles. The second kappa shape index (κ2) is 9.45. The number of hydrazine groups is 1. The Balaban J connectivity index is 0. The molecule has 0 aliphatic heterocycles. The van der Waals surface area contributed by atoms with Crippen molar-refractivity contribution >= 4 is 119 Å². The molecule has 8 nitrogen and oxygen atoms in total. The summed E-state index contributed by atoms with van der Waals surface area (Å²) in [5.41, 5.74) is 4.18. The van der Waals surface area contributed by atoms with Gasteiger partial charge in [0.05, 0.1) is 0 Å². The number of carbonyl (C=O) groups excluding carboxylic acids is 1. The number of phenolic OH excluding ortho intramolecular Hbond substituents is 2. The Bertz CT molecular complexity index is 563. The Morgan fingerprint density at radius 1 is 1.21 bits per heavy atom. The average Bonchev–Trinajstić information content (AvgIpc) is 2.20. The number of amides is 1. The zero-order valence-electron chi connectivity index (χ0n) is 8.63. The second-order valence-electron chi connectivity index (χ2n) is 3.02. The van der Waals surface area contributed by atoms with Gasteiger partial charge in [-0.2, -0.15) is 8.42 Å². The van der Waals surface area contributed by atoms with Crippen molar-refractivity contribution in [3.8, 4) is 11.5 Å². The molecule has 98 valence electrons. The van der Waals surface area contributed by atoms with Crippen molar-refractivity contribution < 1.29 is 28.0 Å². The van der Waals surface area contributed by atoms with Gasteiger partial charge in [0.1, 0.15) is 4.90 Å². The van der Waals surface area contributed by atoms with Crippen molar-refractivity contribution in [2.45, 2.75) is 4.90 Å². The monoisotopic (exact) mass is 342 g/mol. The number of nitrogens with one attached hydrogen (secondary N) is 2. The molecule has 19 heavy (non-hydrogen) atoms. The summed E-state index contributed by atoms with van der Waals surface area (Å²) < 4.78 is 30.5. The summed E-state index contributed by atoms with van der Waals surface area (Å²) in [6, 6.07) is 1.59. The van der Waals surface area contributed by atoms with E-state index in [4.69, 9.17) is 4.55 Å². The maximum atomic E-state index is 11.3. The molecule has 1 rings (SSSR count). The Labute approximate surface area is 194 Å². The Kier molecular flexibility index (Phi) is 11.3. The maximum absolute atomic E-state index is 11.3. The first-order valence-corrected chi connectivity index (χ1v) is 5.72. The molecular formula is C8H12K2N2O6S. The molecule has 0 radical (unpaired) electrons. The van der Waals surface area contributed by atoms with Crippen molar-refractivity contribution in [1.82, 2.24) is 10.9 Å². The van der Waals surface area contributed by atoms with Gasteiger partial charge in [-0.05, 0) is 12.1 Å². The van der Waals surface area contributed by atoms with Gasteiger partial charge in [0.15, 0.2) is 11.5 Å². The van der Waals surface area contributed by atoms with Crippen LogP contribution in [-0.2, 0) is 10.1 Å². The molecule has 0 saturated carbocycles. The van der Waals surface area contributed by atoms with Crippen molar-refractivity contribution in [1.29, 1.82) is 0 Å². The summed E-state index contributed by atoms with van der Waals surface area (Å²) in [4.78, 5) is 10.4. The first-order valence-electron chi connectivity index (χ1n) is 4.28. The summed E-state index contributed by atoms with van der Waals surface area (Å²) in [6.07, 6.45) is 0. The van der Waals surface area contributed by atoms with Gasteiger partial charge < -0.3 is 10.2 Å². The summed E-state index contributed by atoms with van der Waals surface area (Å²) in [5.74, 6) is -2.59. The van der Waals surface area contributed by atoms with Crippen LogP contribution in [0.1, 0.15) is 10.4 Å². The van der Waals surface area contributed by atoms with Crippen LogP contribution in [0.4, 0.5) is 0 Å². The number of hydrogen-bond donors (Lipinski definition) is 5. The van der Waals surface area contributed by atoms with Crippen LogP contribution in [0.2, 0.25) is 0 Å². The molecule has 0 spiro atoms. The molecule has 1 aromatic rings. The molecule has 0 unspecified atom stereocenters. The molecule has 0 bridgehead atoms. The molecule has 0 aromatic heterocycles. The fourth-order valence-electron chi connectivity index (χ4n) is 1.11. The Hall–Kier alpha value is 1.43. The number of carbonyl (C=O) groups is 1. The Morgan fingerprint density at radius 2 is 1.74 bits per heavy atom. The van der Waals surface area contributed by atoms with Crippen molar-refractivity contribution in [3.05, 3.63) is 17.7 Å². The third kappa shape index (κ3) is 6.38. The fourth-order valence-corrected chi connectivity index (χ4v) is 1.73. The summed E-state index contributed by atoms with van der Waals surface area (Å²) in [6.45, 7) is 0. The van der Waals surface area contributed by atoms with E-state index in [9.17, 15) is 23.4 Å². The van der Waals surface area contributed by atoms with Gasteiger partial charge >= 0.3 is 103 Å². The molecule has 0 fully saturated rings. The van der Waals surface area contributed by atoms with E-state index in [1.807, 2.05) is 0 Å². The van der Waals surface area contributed by atoms with Crippen molar-refractivity contribution in [2.75, 3.05) is 7.05 Å². The number of aromatic hydroxyl groups is 2. The van der Waals surface area contributed by atoms with Crippen LogP contribution in [0.5, 0.6) is 11.5 Å². The molecular weight excluding hydrogens is 330 g/mol. The van der Waals surface area contributed by atoms with Gasteiger partial charge in [0.2, 0.25) is 0 Å². The standard InChI is InChI=1S/C8H10N2O6S.2K.2H/c1-9-10-8(13)4-2-5(11)7(12)6(3-4)17(14,15)16;;;;/h2-3,9,11-12H,1H3,(H,10,13)(H,14,15,16);;;;. The van der Waals surface area contributed by atoms with E-state index < -0.39 is 32.4 Å². The van der Waals surface area contributed by atoms with Crippen LogP contribution in [0.3, 0.4) is 0 Å². The van der Waals surface area contributed by atoms with E-state index >= 15 is 0 Å². The molecule has 11 heteroatoms. The SMILES string of the molecule is CNNC(=O)c1cc(O)c(O)c(S(=O)(=O)O)c1.[KH].[KH]. The zero-order valence-corrected chi connectivity index (χ0v) is 9.45. The number of benzene rings is 1. The summed E-state index contributed by atoms with van der Waals surface area (Å²) in [7, 11) is -3.33. The van der Waals surface area contributed by atoms with E-state index in [1.165, 1.54) is 7.05 Å². The van der Waals surface area contributed by atoms with Gasteiger partial charge in [0.25, 0.3) is 16.0 Å². The second-order valence-corrected chi connectivity index (χ2v) is 4.41. The third-order valence-electron chi connectivity index (χ3n) is 1.83. The molecule has 0 saturated heterocycles. The molecule has 5 N–H and O–H groups in total. The van der Waals surface area contributed by atoms with Crippen molar-refractivity contribution in [3.63, 3.8) is 0 Å². The van der Waals surface area contributed by atoms with Gasteiger partial charge in [-0.1, -0.05) is 0 Å². The predicted octanol–water partition coefficient (Wildman–Crippen LogP) is -2.09. The molecule has 1 aromatic carbocycles. The van der Waals surface area contributed by atoms with Gasteiger partial charge in [-0.15, -0.1) is 0 Å². The van der Waals surface area contributed by atoms with Crippen LogP contribution in [0, 0.1) is 0 Å². The molecule has 0 aliphatic carbocycles. The number of hydrogen-bond acceptors (Lipinski definition) is 6. The molecule has 1 amide bonds. The summed E-state index contributed by atoms with van der Waals surface area (Å²) >= 11 is 0. The summed E-state index contributed by atoms with van der Waals surface area (Å²) in [5, 5.41) is 18.5. The van der Waals surface area contributed by atoms with Crippen LogP contribution >= 0.6 is 0 Å². The van der Waals surface area contributed by atoms with E-state index in [1.54, 1.807) is 0 Å². The van der Waals surface area contributed by atoms with Gasteiger partial charge in [0, 0.05) is 12.6 Å². The molecule has 0 aliphatic rings. The molecule has 0 atom stereocenters. The van der Waals surface area contributed by atoms with Crippen LogP contribution < -0.4 is 10.9 Å².